The summed E-state index contributed by atoms with van der Waals surface area (Å²) in [7, 11) is 1.91. The first kappa shape index (κ1) is 25.5. The Kier molecular flexibility index (Phi) is 6.49. The van der Waals surface area contributed by atoms with E-state index in [4.69, 9.17) is 11.3 Å². The second-order valence-electron chi connectivity index (χ2n) is 14.6. The van der Waals surface area contributed by atoms with Gasteiger partial charge in [0.2, 0.25) is 0 Å². The number of rotatable bonds is 3. The van der Waals surface area contributed by atoms with Gasteiger partial charge in [-0.1, -0.05) is 58.6 Å². The number of hydrogen-bond donors (Lipinski definition) is 0. The molecule has 2 heteroatoms. The van der Waals surface area contributed by atoms with Gasteiger partial charge in [0.25, 0.3) is 0 Å². The van der Waals surface area contributed by atoms with Crippen LogP contribution >= 0.6 is 0 Å². The number of methoxy groups -OCH3 is 1. The molecule has 1 nitrogen and oxygen atoms in total. The topological polar surface area (TPSA) is 9.23 Å². The molecule has 6 aliphatic carbocycles. The Bertz CT molecular complexity index is 788. The molecule has 0 spiro atoms. The Morgan fingerprint density at radius 1 is 0.939 bits per heavy atom. The summed E-state index contributed by atoms with van der Waals surface area (Å²) in [6.45, 7) is 16.4. The van der Waals surface area contributed by atoms with Crippen LogP contribution in [0.5, 0.6) is 0 Å². The van der Waals surface area contributed by atoms with E-state index >= 15 is 0 Å². The van der Waals surface area contributed by atoms with Crippen LogP contribution < -0.4 is 0 Å². The Hall–Kier alpha value is 0.804. The molecule has 0 amide bonds. The van der Waals surface area contributed by atoms with Gasteiger partial charge in [0.1, 0.15) is 0 Å². The van der Waals surface area contributed by atoms with E-state index < -0.39 is 0 Å². The molecule has 0 heterocycles. The molecule has 1 radical (unpaired) electrons. The average molecular weight is 527 g/mol. The first-order chi connectivity index (χ1) is 15.2. The van der Waals surface area contributed by atoms with E-state index in [2.05, 4.69) is 34.1 Å². The van der Waals surface area contributed by atoms with Gasteiger partial charge >= 0.3 is 0 Å². The number of ether oxygens (including phenoxy) is 1. The molecule has 0 saturated heterocycles. The molecule has 0 aromatic rings. The molecule has 0 bridgehead atoms. The van der Waals surface area contributed by atoms with E-state index in [9.17, 15) is 0 Å². The van der Waals surface area contributed by atoms with Crippen LogP contribution in [-0.4, -0.2) is 13.7 Å². The molecular weight excluding hydrogens is 477 g/mol. The fourth-order valence-corrected chi connectivity index (χ4v) is 12.1. The number of allylic oxidation sites excluding steroid dienone is 1. The molecule has 183 valence electrons. The number of hydrogen-bond acceptors (Lipinski definition) is 1. The molecule has 10 unspecified atom stereocenters. The first-order valence-electron chi connectivity index (χ1n) is 14.2. The summed E-state index contributed by atoms with van der Waals surface area (Å²) in [5, 5.41) is 0. The van der Waals surface area contributed by atoms with Gasteiger partial charge in [-0.3, -0.25) is 0 Å². The van der Waals surface area contributed by atoms with E-state index in [1.54, 1.807) is 5.57 Å². The summed E-state index contributed by atoms with van der Waals surface area (Å²) in [4.78, 5) is 0. The van der Waals surface area contributed by atoms with Crippen molar-refractivity contribution in [3.63, 3.8) is 0 Å². The summed E-state index contributed by atoms with van der Waals surface area (Å²) >= 11 is 0. The molecule has 0 N–H and O–H groups in total. The molecule has 0 aromatic carbocycles. The third kappa shape index (κ3) is 3.39. The zero-order valence-electron chi connectivity index (χ0n) is 22.3. The van der Waals surface area contributed by atoms with Gasteiger partial charge in [0.15, 0.2) is 0 Å². The zero-order valence-corrected chi connectivity index (χ0v) is 25.1. The van der Waals surface area contributed by atoms with Gasteiger partial charge in [-0.2, -0.15) is 11.8 Å². The predicted octanol–water partition coefficient (Wildman–Crippen LogP) is 8.10. The SMILES string of the molecule is C=C1CC2CC3C(CCC4C(C)(C)[CH-]CCC34C)C3(C)CCC4(CCOC)CCC1C4C23.[Y]. The molecule has 33 heavy (non-hydrogen) atoms. The zero-order chi connectivity index (χ0) is 22.5. The van der Waals surface area contributed by atoms with Crippen molar-refractivity contribution in [2.45, 2.75) is 98.3 Å². The molecule has 10 atom stereocenters. The van der Waals surface area contributed by atoms with E-state index in [1.807, 2.05) is 7.11 Å². The van der Waals surface area contributed by atoms with Crippen molar-refractivity contribution in [3.05, 3.63) is 18.6 Å². The Balaban J connectivity index is 0.00000228. The monoisotopic (exact) mass is 526 g/mol. The first-order valence-corrected chi connectivity index (χ1v) is 14.2. The minimum atomic E-state index is 0. The van der Waals surface area contributed by atoms with Crippen LogP contribution in [0.1, 0.15) is 98.3 Å². The molecule has 6 saturated carbocycles. The largest absolute Gasteiger partial charge is 0.385 e. The summed E-state index contributed by atoms with van der Waals surface area (Å²) in [6.07, 6.45) is 18.4. The Labute approximate surface area is 229 Å². The number of fused-ring (bicyclic) bond motifs is 4. The minimum Gasteiger partial charge on any atom is -0.385 e. The van der Waals surface area contributed by atoms with Gasteiger partial charge in [-0.05, 0) is 103 Å². The van der Waals surface area contributed by atoms with Gasteiger partial charge in [0.05, 0.1) is 0 Å². The molecule has 6 aliphatic rings. The third-order valence-electron chi connectivity index (χ3n) is 13.3. The fraction of sp³-hybridized carbons (Fsp3) is 0.903. The normalized spacial score (nSPS) is 54.0. The van der Waals surface area contributed by atoms with E-state index in [1.165, 1.54) is 70.6 Å². The summed E-state index contributed by atoms with van der Waals surface area (Å²) in [5.41, 5.74) is 3.74. The molecular formula is C31H49OY-. The van der Waals surface area contributed by atoms with Crippen molar-refractivity contribution in [2.24, 2.45) is 63.1 Å². The third-order valence-corrected chi connectivity index (χ3v) is 13.3. The quantitative estimate of drug-likeness (QED) is 0.267. The van der Waals surface area contributed by atoms with Crippen LogP contribution in [0, 0.1) is 69.5 Å². The fourth-order valence-electron chi connectivity index (χ4n) is 12.1. The van der Waals surface area contributed by atoms with Gasteiger partial charge in [-0.25, -0.2) is 0 Å². The van der Waals surface area contributed by atoms with Crippen LogP contribution in [0.2, 0.25) is 0 Å². The van der Waals surface area contributed by atoms with E-state index in [-0.39, 0.29) is 32.7 Å². The standard InChI is InChI=1S/C31H49O.Y/c1-20-18-21-19-24-23(8-9-25-28(2,3)11-7-12-29(24,25)4)30(5)14-15-31(16-17-32-6)13-10-22(20)27(31)26(21)30;/h11,21-27H,1,7-10,12-19H2,2-6H3;/q-1;. The summed E-state index contributed by atoms with van der Waals surface area (Å²) in [6, 6.07) is 0. The Morgan fingerprint density at radius 3 is 2.48 bits per heavy atom. The van der Waals surface area contributed by atoms with Crippen LogP contribution in [-0.2, 0) is 37.4 Å². The van der Waals surface area contributed by atoms with Crippen LogP contribution in [0.25, 0.3) is 0 Å². The molecule has 0 aliphatic heterocycles. The van der Waals surface area contributed by atoms with E-state index in [0.717, 1.165) is 48.0 Å². The van der Waals surface area contributed by atoms with Crippen molar-refractivity contribution < 1.29 is 37.4 Å². The van der Waals surface area contributed by atoms with Gasteiger partial charge in [0, 0.05) is 46.4 Å². The van der Waals surface area contributed by atoms with Crippen molar-refractivity contribution in [2.75, 3.05) is 13.7 Å². The van der Waals surface area contributed by atoms with Crippen LogP contribution in [0.15, 0.2) is 12.2 Å². The Morgan fingerprint density at radius 2 is 1.73 bits per heavy atom. The minimum absolute atomic E-state index is 0. The maximum Gasteiger partial charge on any atom is 0.0467 e. The van der Waals surface area contributed by atoms with Crippen molar-refractivity contribution in [1.82, 2.24) is 0 Å². The molecule has 6 rings (SSSR count). The maximum absolute atomic E-state index is 5.67. The van der Waals surface area contributed by atoms with Gasteiger partial charge in [-0.15, -0.1) is 0 Å². The predicted molar refractivity (Wildman–Crippen MR) is 133 cm³/mol. The van der Waals surface area contributed by atoms with Gasteiger partial charge < -0.3 is 11.2 Å². The summed E-state index contributed by atoms with van der Waals surface area (Å²) < 4.78 is 5.67. The smallest absolute Gasteiger partial charge is 0.0467 e. The summed E-state index contributed by atoms with van der Waals surface area (Å²) in [5.74, 6) is 6.38. The second-order valence-corrected chi connectivity index (χ2v) is 14.6. The molecule has 6 fully saturated rings. The van der Waals surface area contributed by atoms with Crippen LogP contribution in [0.3, 0.4) is 0 Å². The van der Waals surface area contributed by atoms with E-state index in [0.29, 0.717) is 21.7 Å². The van der Waals surface area contributed by atoms with Crippen molar-refractivity contribution >= 4 is 0 Å². The maximum atomic E-state index is 5.67. The van der Waals surface area contributed by atoms with Crippen LogP contribution in [0.4, 0.5) is 0 Å². The second kappa shape index (κ2) is 8.41. The molecule has 0 aromatic heterocycles. The van der Waals surface area contributed by atoms with Crippen molar-refractivity contribution in [1.29, 1.82) is 0 Å². The average Bonchev–Trinajstić information content (AvgIpc) is 3.12. The van der Waals surface area contributed by atoms with Crippen molar-refractivity contribution in [3.8, 4) is 0 Å².